The highest BCUT2D eigenvalue weighted by molar-refractivity contribution is 7.89. The minimum atomic E-state index is -3.71. The first-order chi connectivity index (χ1) is 9.42. The first kappa shape index (κ1) is 15.1. The van der Waals surface area contributed by atoms with Gasteiger partial charge >= 0.3 is 0 Å². The predicted molar refractivity (Wildman–Crippen MR) is 76.8 cm³/mol. The fourth-order valence-corrected chi connectivity index (χ4v) is 3.03. The third-order valence-corrected chi connectivity index (χ3v) is 4.47. The van der Waals surface area contributed by atoms with Crippen LogP contribution in [0.5, 0.6) is 0 Å². The maximum absolute atomic E-state index is 12.1. The van der Waals surface area contributed by atoms with Crippen LogP contribution in [0.2, 0.25) is 5.02 Å². The van der Waals surface area contributed by atoms with Crippen LogP contribution in [0.15, 0.2) is 45.9 Å². The van der Waals surface area contributed by atoms with E-state index in [2.05, 4.69) is 4.72 Å². The zero-order chi connectivity index (χ0) is 14.8. The van der Waals surface area contributed by atoms with E-state index >= 15 is 0 Å². The number of benzene rings is 1. The molecule has 3 N–H and O–H groups in total. The summed E-state index contributed by atoms with van der Waals surface area (Å²) in [5.41, 5.74) is 6.20. The van der Waals surface area contributed by atoms with E-state index in [1.165, 1.54) is 6.07 Å². The number of furan rings is 1. The third-order valence-electron chi connectivity index (χ3n) is 2.80. The van der Waals surface area contributed by atoms with Gasteiger partial charge in [0.2, 0.25) is 5.09 Å². The molecule has 0 aliphatic carbocycles. The van der Waals surface area contributed by atoms with Gasteiger partial charge in [-0.05, 0) is 36.8 Å². The fraction of sp³-hybridized carbons (Fsp3) is 0.231. The quantitative estimate of drug-likeness (QED) is 0.887. The summed E-state index contributed by atoms with van der Waals surface area (Å²) < 4.78 is 32.0. The van der Waals surface area contributed by atoms with Crippen molar-refractivity contribution in [3.8, 4) is 0 Å². The van der Waals surface area contributed by atoms with Gasteiger partial charge in [-0.1, -0.05) is 23.7 Å². The molecule has 5 nitrogen and oxygen atoms in total. The van der Waals surface area contributed by atoms with Crippen LogP contribution in [0.1, 0.15) is 24.3 Å². The number of hydrogen-bond donors (Lipinski definition) is 2. The lowest BCUT2D eigenvalue weighted by Gasteiger charge is -2.13. The van der Waals surface area contributed by atoms with Gasteiger partial charge in [0.05, 0.1) is 6.54 Å². The maximum Gasteiger partial charge on any atom is 0.274 e. The molecule has 20 heavy (non-hydrogen) atoms. The maximum atomic E-state index is 12.1. The van der Waals surface area contributed by atoms with Gasteiger partial charge in [-0.25, -0.2) is 13.1 Å². The molecule has 0 aliphatic rings. The Balaban J connectivity index is 2.17. The predicted octanol–water partition coefficient (Wildman–Crippen LogP) is 2.43. The Kier molecular flexibility index (Phi) is 4.49. The van der Waals surface area contributed by atoms with Crippen LogP contribution in [0.4, 0.5) is 0 Å². The lowest BCUT2D eigenvalue weighted by atomic mass is 10.1. The van der Waals surface area contributed by atoms with Gasteiger partial charge in [-0.3, -0.25) is 0 Å². The van der Waals surface area contributed by atoms with Gasteiger partial charge < -0.3 is 10.2 Å². The third kappa shape index (κ3) is 3.40. The molecule has 0 amide bonds. The summed E-state index contributed by atoms with van der Waals surface area (Å²) in [5, 5.41) is 0.459. The van der Waals surface area contributed by atoms with Crippen molar-refractivity contribution in [3.05, 3.63) is 52.7 Å². The van der Waals surface area contributed by atoms with Crippen molar-refractivity contribution in [2.45, 2.75) is 24.6 Å². The molecule has 7 heteroatoms. The standard InChI is InChI=1S/C13H15ClN2O3S/c1-9(10-2-4-11(14)5-3-10)16-20(17,18)13-7-6-12(8-15)19-13/h2-7,9,16H,8,15H2,1H3. The molecule has 0 bridgehead atoms. The zero-order valence-electron chi connectivity index (χ0n) is 10.8. The van der Waals surface area contributed by atoms with E-state index in [9.17, 15) is 8.42 Å². The average molecular weight is 315 g/mol. The second kappa shape index (κ2) is 5.97. The van der Waals surface area contributed by atoms with Crippen molar-refractivity contribution in [3.63, 3.8) is 0 Å². The van der Waals surface area contributed by atoms with Gasteiger partial charge in [0.15, 0.2) is 0 Å². The minimum absolute atomic E-state index is 0.140. The first-order valence-corrected chi connectivity index (χ1v) is 7.85. The minimum Gasteiger partial charge on any atom is -0.447 e. The monoisotopic (exact) mass is 314 g/mol. The van der Waals surface area contributed by atoms with Crippen molar-refractivity contribution >= 4 is 21.6 Å². The molecule has 1 aromatic carbocycles. The van der Waals surface area contributed by atoms with E-state index in [0.717, 1.165) is 5.56 Å². The molecule has 0 saturated heterocycles. The molecular formula is C13H15ClN2O3S. The lowest BCUT2D eigenvalue weighted by molar-refractivity contribution is 0.411. The molecule has 0 radical (unpaired) electrons. The van der Waals surface area contributed by atoms with Crippen LogP contribution in [0.3, 0.4) is 0 Å². The Labute approximate surface area is 122 Å². The van der Waals surface area contributed by atoms with Crippen LogP contribution in [0, 0.1) is 0 Å². The normalized spacial score (nSPS) is 13.3. The smallest absolute Gasteiger partial charge is 0.274 e. The number of rotatable bonds is 5. The van der Waals surface area contributed by atoms with Crippen LogP contribution >= 0.6 is 11.6 Å². The van der Waals surface area contributed by atoms with Gasteiger partial charge in [0, 0.05) is 11.1 Å². The molecule has 1 atom stereocenters. The summed E-state index contributed by atoms with van der Waals surface area (Å²) in [6.45, 7) is 1.90. The van der Waals surface area contributed by atoms with Crippen LogP contribution in [-0.2, 0) is 16.6 Å². The molecule has 0 fully saturated rings. The Morgan fingerprint density at radius 2 is 1.90 bits per heavy atom. The number of sulfonamides is 1. The molecule has 2 aromatic rings. The topological polar surface area (TPSA) is 85.3 Å². The first-order valence-electron chi connectivity index (χ1n) is 5.99. The largest absolute Gasteiger partial charge is 0.447 e. The summed E-state index contributed by atoms with van der Waals surface area (Å²) in [6.07, 6.45) is 0. The van der Waals surface area contributed by atoms with Crippen molar-refractivity contribution in [2.75, 3.05) is 0 Å². The highest BCUT2D eigenvalue weighted by Crippen LogP contribution is 2.20. The second-order valence-electron chi connectivity index (χ2n) is 4.32. The van der Waals surface area contributed by atoms with E-state index in [-0.39, 0.29) is 11.6 Å². The van der Waals surface area contributed by atoms with E-state index in [1.807, 2.05) is 0 Å². The highest BCUT2D eigenvalue weighted by atomic mass is 35.5. The Bertz CT molecular complexity index is 680. The summed E-state index contributed by atoms with van der Waals surface area (Å²) in [5.74, 6) is 0.421. The van der Waals surface area contributed by atoms with Crippen molar-refractivity contribution in [1.82, 2.24) is 4.72 Å². The van der Waals surface area contributed by atoms with E-state index in [1.54, 1.807) is 37.3 Å². The molecule has 2 rings (SSSR count). The van der Waals surface area contributed by atoms with Gasteiger partial charge in [-0.15, -0.1) is 0 Å². The summed E-state index contributed by atoms with van der Waals surface area (Å²) in [6, 6.07) is 9.48. The highest BCUT2D eigenvalue weighted by Gasteiger charge is 2.21. The van der Waals surface area contributed by atoms with Crippen molar-refractivity contribution in [2.24, 2.45) is 5.73 Å². The van der Waals surface area contributed by atoms with Crippen LogP contribution in [-0.4, -0.2) is 8.42 Å². The van der Waals surface area contributed by atoms with E-state index in [0.29, 0.717) is 10.8 Å². The van der Waals surface area contributed by atoms with E-state index in [4.69, 9.17) is 21.8 Å². The average Bonchev–Trinajstić information content (AvgIpc) is 2.88. The molecule has 0 aliphatic heterocycles. The van der Waals surface area contributed by atoms with Crippen LogP contribution < -0.4 is 10.5 Å². The molecular weight excluding hydrogens is 300 g/mol. The van der Waals surface area contributed by atoms with Gasteiger partial charge in [0.1, 0.15) is 5.76 Å². The summed E-state index contributed by atoms with van der Waals surface area (Å²) in [4.78, 5) is 0. The van der Waals surface area contributed by atoms with Crippen molar-refractivity contribution in [1.29, 1.82) is 0 Å². The van der Waals surface area contributed by atoms with Gasteiger partial charge in [-0.2, -0.15) is 0 Å². The summed E-state index contributed by atoms with van der Waals surface area (Å²) >= 11 is 5.80. The molecule has 108 valence electrons. The Morgan fingerprint density at radius 3 is 2.45 bits per heavy atom. The van der Waals surface area contributed by atoms with Crippen molar-refractivity contribution < 1.29 is 12.8 Å². The molecule has 1 unspecified atom stereocenters. The van der Waals surface area contributed by atoms with Crippen LogP contribution in [0.25, 0.3) is 0 Å². The molecule has 1 heterocycles. The number of nitrogens with one attached hydrogen (secondary N) is 1. The number of halogens is 1. The Morgan fingerprint density at radius 1 is 1.25 bits per heavy atom. The van der Waals surface area contributed by atoms with Gasteiger partial charge in [0.25, 0.3) is 10.0 Å². The SMILES string of the molecule is CC(NS(=O)(=O)c1ccc(CN)o1)c1ccc(Cl)cc1. The molecule has 0 saturated carbocycles. The fourth-order valence-electron chi connectivity index (χ4n) is 1.72. The lowest BCUT2D eigenvalue weighted by Crippen LogP contribution is -2.26. The Hall–Kier alpha value is -1.34. The second-order valence-corrected chi connectivity index (χ2v) is 6.40. The van der Waals surface area contributed by atoms with E-state index < -0.39 is 16.1 Å². The number of hydrogen-bond acceptors (Lipinski definition) is 4. The number of nitrogens with two attached hydrogens (primary N) is 1. The molecule has 1 aromatic heterocycles. The summed E-state index contributed by atoms with van der Waals surface area (Å²) in [7, 11) is -3.71. The zero-order valence-corrected chi connectivity index (χ0v) is 12.4. The molecule has 0 spiro atoms.